The number of hydrogen-bond acceptors (Lipinski definition) is 10. The molecule has 4 aliphatic rings. The van der Waals surface area contributed by atoms with Crippen molar-refractivity contribution in [2.75, 3.05) is 45.1 Å². The Bertz CT molecular complexity index is 2000. The number of likely N-dealkylation sites (tertiary alicyclic amines) is 2. The number of β-amino-alcohol motifs (C(OH)–C–C–N with tert-alkyl or cyclic N) is 1. The van der Waals surface area contributed by atoms with E-state index in [4.69, 9.17) is 11.6 Å². The van der Waals surface area contributed by atoms with E-state index in [9.17, 15) is 43.8 Å². The molecule has 4 fully saturated rings. The summed E-state index contributed by atoms with van der Waals surface area (Å²) in [6.07, 6.45) is -1.84. The SMILES string of the molecule is Cc1cccc(C[C@H](NC(=O)Nc2ccc(Cl)cc2)C(=O)N[C@H](C(=O)N2C[C@H](O)C[C@H]2C(=O)N2CCN(C)C[C@H]2C(=O)N[C@@H](C)C(=O)N2C[C@H](C)C[C@@]23CC3=O)[C@H](C)O)c1. The number of carbonyl (C=O) groups is 7. The summed E-state index contributed by atoms with van der Waals surface area (Å²) in [6, 6.07) is 6.86. The standard InChI is InChI=1S/C42H55ClN8O9/c1-23-7-6-8-27(15-23)16-31(46-41(60)45-29-11-9-28(43)10-12-29)36(55)47-35(26(4)52)40(59)50-21-30(53)17-32(50)39(58)49-14-13-48(5)22-33(49)37(56)44-25(3)38(57)51-20-24(2)18-42(51)19-34(42)54/h6-12,15,24-26,30-33,35,52-53H,13-14,16-22H2,1-5H3,(H,44,56)(H,47,55)(H2,45,46,60)/t24-,25+,26+,30-,31+,32+,33+,35+,42+/m1/s1. The summed E-state index contributed by atoms with van der Waals surface area (Å²) >= 11 is 5.98. The summed E-state index contributed by atoms with van der Waals surface area (Å²) in [5.74, 6) is -3.05. The van der Waals surface area contributed by atoms with Crippen LogP contribution in [0, 0.1) is 12.8 Å². The van der Waals surface area contributed by atoms with Crippen LogP contribution < -0.4 is 21.3 Å². The zero-order valence-electron chi connectivity index (χ0n) is 34.5. The van der Waals surface area contributed by atoms with Crippen LogP contribution >= 0.6 is 11.6 Å². The number of Topliss-reactive ketones (excluding diaryl/α,β-unsaturated/α-hetero) is 1. The maximum absolute atomic E-state index is 14.4. The number of ketones is 1. The number of amides is 7. The van der Waals surface area contributed by atoms with Gasteiger partial charge in [0, 0.05) is 62.7 Å². The van der Waals surface area contributed by atoms with Crippen LogP contribution in [0.4, 0.5) is 10.5 Å². The predicted molar refractivity (Wildman–Crippen MR) is 220 cm³/mol. The van der Waals surface area contributed by atoms with Crippen LogP contribution in [-0.4, -0.2) is 159 Å². The molecule has 2 aromatic carbocycles. The van der Waals surface area contributed by atoms with Gasteiger partial charge in [-0.25, -0.2) is 4.79 Å². The molecule has 9 atom stereocenters. The highest BCUT2D eigenvalue weighted by molar-refractivity contribution is 6.30. The smallest absolute Gasteiger partial charge is 0.319 e. The molecule has 18 heteroatoms. The van der Waals surface area contributed by atoms with Crippen molar-refractivity contribution in [2.24, 2.45) is 5.92 Å². The fraction of sp³-hybridized carbons (Fsp3) is 0.548. The van der Waals surface area contributed by atoms with Crippen LogP contribution in [0.25, 0.3) is 0 Å². The topological polar surface area (TPSA) is 221 Å². The number of aliphatic hydroxyl groups excluding tert-OH is 2. The number of carbonyl (C=O) groups excluding carboxylic acids is 7. The van der Waals surface area contributed by atoms with Gasteiger partial charge in [0.2, 0.25) is 29.5 Å². The first-order chi connectivity index (χ1) is 28.4. The van der Waals surface area contributed by atoms with Crippen LogP contribution in [0.2, 0.25) is 5.02 Å². The monoisotopic (exact) mass is 850 g/mol. The highest BCUT2D eigenvalue weighted by Gasteiger charge is 2.63. The first-order valence-corrected chi connectivity index (χ1v) is 20.7. The fourth-order valence-corrected chi connectivity index (χ4v) is 8.78. The fourth-order valence-electron chi connectivity index (χ4n) is 8.65. The third kappa shape index (κ3) is 9.91. The lowest BCUT2D eigenvalue weighted by atomic mass is 10.0. The lowest BCUT2D eigenvalue weighted by molar-refractivity contribution is -0.152. The lowest BCUT2D eigenvalue weighted by Crippen LogP contribution is -2.65. The van der Waals surface area contributed by atoms with Gasteiger partial charge >= 0.3 is 6.03 Å². The quantitative estimate of drug-likeness (QED) is 0.173. The van der Waals surface area contributed by atoms with E-state index in [1.54, 1.807) is 55.3 Å². The maximum Gasteiger partial charge on any atom is 0.319 e. The Morgan fingerprint density at radius 3 is 2.27 bits per heavy atom. The molecular formula is C42H55ClN8O9. The number of likely N-dealkylation sites (N-methyl/N-ethyl adjacent to an activating group) is 1. The molecule has 0 radical (unpaired) electrons. The van der Waals surface area contributed by atoms with E-state index in [2.05, 4.69) is 21.3 Å². The second-order valence-electron chi connectivity index (χ2n) is 16.9. The Balaban J connectivity index is 1.16. The van der Waals surface area contributed by atoms with E-state index >= 15 is 0 Å². The molecule has 3 heterocycles. The molecule has 0 unspecified atom stereocenters. The van der Waals surface area contributed by atoms with Gasteiger partial charge in [0.25, 0.3) is 0 Å². The molecule has 324 valence electrons. The van der Waals surface area contributed by atoms with Crippen molar-refractivity contribution >= 4 is 58.6 Å². The molecule has 17 nitrogen and oxygen atoms in total. The Labute approximate surface area is 354 Å². The first-order valence-electron chi connectivity index (χ1n) is 20.4. The van der Waals surface area contributed by atoms with Crippen LogP contribution in [0.3, 0.4) is 0 Å². The number of halogens is 1. The number of urea groups is 1. The minimum absolute atomic E-state index is 0.0102. The Morgan fingerprint density at radius 1 is 0.917 bits per heavy atom. The van der Waals surface area contributed by atoms with E-state index in [0.29, 0.717) is 42.2 Å². The Kier molecular flexibility index (Phi) is 13.5. The average molecular weight is 851 g/mol. The predicted octanol–water partition coefficient (Wildman–Crippen LogP) is 0.436. The molecule has 1 spiro atoms. The average Bonchev–Trinajstić information content (AvgIpc) is 3.47. The van der Waals surface area contributed by atoms with Gasteiger partial charge in [-0.05, 0) is 70.0 Å². The second kappa shape index (κ2) is 18.3. The van der Waals surface area contributed by atoms with Crippen LogP contribution in [-0.2, 0) is 35.2 Å². The molecule has 2 aromatic rings. The molecule has 0 aromatic heterocycles. The van der Waals surface area contributed by atoms with Gasteiger partial charge in [-0.1, -0.05) is 48.4 Å². The molecule has 1 aliphatic carbocycles. The van der Waals surface area contributed by atoms with Gasteiger partial charge in [-0.2, -0.15) is 0 Å². The van der Waals surface area contributed by atoms with Gasteiger partial charge in [0.15, 0.2) is 5.78 Å². The molecular weight excluding hydrogens is 796 g/mol. The summed E-state index contributed by atoms with van der Waals surface area (Å²) < 4.78 is 0. The largest absolute Gasteiger partial charge is 0.391 e. The number of nitrogens with one attached hydrogen (secondary N) is 4. The molecule has 60 heavy (non-hydrogen) atoms. The minimum atomic E-state index is -1.59. The van der Waals surface area contributed by atoms with Gasteiger partial charge in [-0.15, -0.1) is 0 Å². The number of piperazine rings is 1. The molecule has 1 saturated carbocycles. The first kappa shape index (κ1) is 44.5. The van der Waals surface area contributed by atoms with Crippen LogP contribution in [0.1, 0.15) is 51.2 Å². The molecule has 3 aliphatic heterocycles. The van der Waals surface area contributed by atoms with Gasteiger partial charge in [-0.3, -0.25) is 28.8 Å². The van der Waals surface area contributed by atoms with Crippen molar-refractivity contribution < 1.29 is 43.8 Å². The summed E-state index contributed by atoms with van der Waals surface area (Å²) in [5.41, 5.74) is 1.25. The lowest BCUT2D eigenvalue weighted by Gasteiger charge is -2.42. The number of rotatable bonds is 12. The molecule has 6 N–H and O–H groups in total. The number of nitrogens with zero attached hydrogens (tertiary/aromatic N) is 4. The van der Waals surface area contributed by atoms with Gasteiger partial charge in [0.1, 0.15) is 35.7 Å². The molecule has 3 saturated heterocycles. The van der Waals surface area contributed by atoms with E-state index < -0.39 is 77.6 Å². The van der Waals surface area contributed by atoms with Crippen LogP contribution in [0.15, 0.2) is 48.5 Å². The summed E-state index contributed by atoms with van der Waals surface area (Å²) in [6.45, 7) is 7.46. The summed E-state index contributed by atoms with van der Waals surface area (Å²) in [5, 5.41) is 32.9. The normalized spacial score (nSPS) is 25.9. The van der Waals surface area contributed by atoms with Gasteiger partial charge < -0.3 is 51.1 Å². The zero-order chi connectivity index (χ0) is 43.6. The van der Waals surface area contributed by atoms with Crippen molar-refractivity contribution in [3.63, 3.8) is 0 Å². The third-order valence-electron chi connectivity index (χ3n) is 11.8. The van der Waals surface area contributed by atoms with Crippen molar-refractivity contribution in [3.05, 3.63) is 64.7 Å². The number of aliphatic hydroxyl groups is 2. The number of hydrogen-bond donors (Lipinski definition) is 6. The highest BCUT2D eigenvalue weighted by atomic mass is 35.5. The van der Waals surface area contributed by atoms with Gasteiger partial charge in [0.05, 0.1) is 12.2 Å². The third-order valence-corrected chi connectivity index (χ3v) is 12.1. The number of anilines is 1. The van der Waals surface area contributed by atoms with Crippen molar-refractivity contribution in [3.8, 4) is 0 Å². The van der Waals surface area contributed by atoms with Crippen molar-refractivity contribution in [1.82, 2.24) is 35.6 Å². The number of benzene rings is 2. The van der Waals surface area contributed by atoms with E-state index in [1.807, 2.05) is 30.9 Å². The number of aryl methyl sites for hydroxylation is 1. The summed E-state index contributed by atoms with van der Waals surface area (Å²) in [7, 11) is 1.79. The second-order valence-corrected chi connectivity index (χ2v) is 17.3. The maximum atomic E-state index is 14.4. The Morgan fingerprint density at radius 2 is 1.62 bits per heavy atom. The van der Waals surface area contributed by atoms with E-state index in [1.165, 1.54) is 11.8 Å². The Hall–Kier alpha value is -5.10. The van der Waals surface area contributed by atoms with E-state index in [0.717, 1.165) is 10.5 Å². The minimum Gasteiger partial charge on any atom is -0.391 e. The highest BCUT2D eigenvalue weighted by Crippen LogP contribution is 2.48. The van der Waals surface area contributed by atoms with E-state index in [-0.39, 0.29) is 50.1 Å². The summed E-state index contributed by atoms with van der Waals surface area (Å²) in [4.78, 5) is 102. The van der Waals surface area contributed by atoms with Crippen molar-refractivity contribution in [1.29, 1.82) is 0 Å². The van der Waals surface area contributed by atoms with Crippen LogP contribution in [0.5, 0.6) is 0 Å². The molecule has 0 bridgehead atoms. The zero-order valence-corrected chi connectivity index (χ0v) is 35.3. The van der Waals surface area contributed by atoms with Crippen molar-refractivity contribution in [2.45, 2.75) is 101 Å². The molecule has 7 amide bonds. The molecule has 6 rings (SSSR count).